The maximum absolute atomic E-state index is 12.4. The molecule has 0 aromatic heterocycles. The third kappa shape index (κ3) is 3.92. The van der Waals surface area contributed by atoms with Crippen molar-refractivity contribution < 1.29 is 28.2 Å². The van der Waals surface area contributed by atoms with E-state index in [4.69, 9.17) is 5.11 Å². The predicted octanol–water partition coefficient (Wildman–Crippen LogP) is 0.0365. The van der Waals surface area contributed by atoms with Crippen molar-refractivity contribution in [3.8, 4) is 0 Å². The first-order chi connectivity index (χ1) is 11.1. The van der Waals surface area contributed by atoms with Crippen LogP contribution in [0.2, 0.25) is 0 Å². The molecule has 1 saturated heterocycles. The minimum absolute atomic E-state index is 0.110. The van der Waals surface area contributed by atoms with Gasteiger partial charge in [-0.05, 0) is 44.0 Å². The Kier molecular flexibility index (Phi) is 5.26. The van der Waals surface area contributed by atoms with Gasteiger partial charge in [-0.25, -0.2) is 13.2 Å². The third-order valence-electron chi connectivity index (χ3n) is 3.87. The van der Waals surface area contributed by atoms with Crippen LogP contribution in [0.25, 0.3) is 0 Å². The van der Waals surface area contributed by atoms with Gasteiger partial charge in [0.2, 0.25) is 10.0 Å². The van der Waals surface area contributed by atoms with Gasteiger partial charge in [0, 0.05) is 18.7 Å². The fourth-order valence-electron chi connectivity index (χ4n) is 2.29. The van der Waals surface area contributed by atoms with Gasteiger partial charge in [0.05, 0.1) is 11.4 Å². The number of carbonyl (C=O) groups excluding carboxylic acids is 1. The minimum atomic E-state index is -3.54. The first-order valence-electron chi connectivity index (χ1n) is 7.49. The van der Waals surface area contributed by atoms with E-state index in [1.54, 1.807) is 0 Å². The molecule has 0 bridgehead atoms. The van der Waals surface area contributed by atoms with E-state index >= 15 is 0 Å². The molecule has 1 amide bonds. The molecule has 0 radical (unpaired) electrons. The summed E-state index contributed by atoms with van der Waals surface area (Å²) in [5.41, 5.74) is -1.90. The van der Waals surface area contributed by atoms with Gasteiger partial charge < -0.3 is 15.5 Å². The number of hydrogen-bond donors (Lipinski definition) is 3. The number of nitrogens with zero attached hydrogens (tertiary/aromatic N) is 1. The number of aliphatic carboxylic acids is 1. The molecule has 1 aromatic rings. The number of carboxylic acids is 1. The third-order valence-corrected chi connectivity index (χ3v) is 5.79. The van der Waals surface area contributed by atoms with Gasteiger partial charge in [-0.1, -0.05) is 0 Å². The topological polar surface area (TPSA) is 124 Å². The summed E-state index contributed by atoms with van der Waals surface area (Å²) in [5, 5.41) is 20.6. The highest BCUT2D eigenvalue weighted by Crippen LogP contribution is 2.21. The Labute approximate surface area is 140 Å². The Morgan fingerprint density at radius 2 is 1.75 bits per heavy atom. The van der Waals surface area contributed by atoms with E-state index in [1.807, 2.05) is 0 Å². The van der Waals surface area contributed by atoms with Crippen molar-refractivity contribution in [2.24, 2.45) is 0 Å². The van der Waals surface area contributed by atoms with Crippen LogP contribution in [0.1, 0.15) is 30.1 Å². The van der Waals surface area contributed by atoms with Crippen LogP contribution in [-0.2, 0) is 14.8 Å². The van der Waals surface area contributed by atoms with E-state index < -0.39 is 34.0 Å². The molecule has 2 rings (SSSR count). The fraction of sp³-hybridized carbons (Fsp3) is 0.467. The van der Waals surface area contributed by atoms with Gasteiger partial charge in [-0.15, -0.1) is 0 Å². The van der Waals surface area contributed by atoms with Gasteiger partial charge >= 0.3 is 5.97 Å². The number of rotatable bonds is 6. The highest BCUT2D eigenvalue weighted by Gasteiger charge is 2.30. The van der Waals surface area contributed by atoms with Crippen molar-refractivity contribution in [1.29, 1.82) is 0 Å². The summed E-state index contributed by atoms with van der Waals surface area (Å²) < 4.78 is 26.2. The van der Waals surface area contributed by atoms with E-state index in [9.17, 15) is 23.1 Å². The number of sulfonamides is 1. The molecule has 0 spiro atoms. The molecule has 0 saturated carbocycles. The number of nitrogens with one attached hydrogen (secondary N) is 1. The molecule has 1 aromatic carbocycles. The zero-order chi connectivity index (χ0) is 18.0. The molecule has 1 atom stereocenters. The largest absolute Gasteiger partial charge is 0.479 e. The van der Waals surface area contributed by atoms with Crippen molar-refractivity contribution in [2.75, 3.05) is 19.6 Å². The first-order valence-corrected chi connectivity index (χ1v) is 8.93. The standard InChI is InChI=1S/C15H20N2O6S/c1-15(21,14(19)20)10-16-13(18)11-4-6-12(7-5-11)24(22,23)17-8-2-3-9-17/h4-7,21H,2-3,8-10H2,1H3,(H,16,18)(H,19,20). The second-order valence-corrected chi connectivity index (χ2v) is 7.84. The van der Waals surface area contributed by atoms with Crippen LogP contribution in [0, 0.1) is 0 Å². The SMILES string of the molecule is CC(O)(CNC(=O)c1ccc(S(=O)(=O)N2CCCC2)cc1)C(=O)O. The van der Waals surface area contributed by atoms with Crippen molar-refractivity contribution in [2.45, 2.75) is 30.3 Å². The number of carboxylic acid groups (broad SMARTS) is 1. The maximum Gasteiger partial charge on any atom is 0.337 e. The minimum Gasteiger partial charge on any atom is -0.479 e. The molecule has 8 nitrogen and oxygen atoms in total. The molecule has 1 heterocycles. The van der Waals surface area contributed by atoms with Gasteiger partial charge in [0.1, 0.15) is 0 Å². The van der Waals surface area contributed by atoms with Gasteiger partial charge in [0.15, 0.2) is 5.60 Å². The Balaban J connectivity index is 2.06. The quantitative estimate of drug-likeness (QED) is 0.661. The summed E-state index contributed by atoms with van der Waals surface area (Å²) in [7, 11) is -3.54. The molecule has 1 aliphatic rings. The van der Waals surface area contributed by atoms with E-state index in [-0.39, 0.29) is 10.5 Å². The van der Waals surface area contributed by atoms with Crippen molar-refractivity contribution in [3.63, 3.8) is 0 Å². The van der Waals surface area contributed by atoms with Crippen molar-refractivity contribution in [1.82, 2.24) is 9.62 Å². The maximum atomic E-state index is 12.4. The fourth-order valence-corrected chi connectivity index (χ4v) is 3.80. The number of hydrogen-bond acceptors (Lipinski definition) is 5. The molecule has 132 valence electrons. The highest BCUT2D eigenvalue weighted by molar-refractivity contribution is 7.89. The van der Waals surface area contributed by atoms with Gasteiger partial charge in [-0.2, -0.15) is 4.31 Å². The van der Waals surface area contributed by atoms with E-state index in [1.165, 1.54) is 28.6 Å². The Morgan fingerprint density at radius 3 is 2.25 bits per heavy atom. The summed E-state index contributed by atoms with van der Waals surface area (Å²) in [6.07, 6.45) is 1.67. The molecular weight excluding hydrogens is 336 g/mol. The molecule has 3 N–H and O–H groups in total. The van der Waals surface area contributed by atoms with Crippen LogP contribution in [0.3, 0.4) is 0 Å². The number of aliphatic hydroxyl groups is 1. The smallest absolute Gasteiger partial charge is 0.337 e. The Morgan fingerprint density at radius 1 is 1.21 bits per heavy atom. The number of carbonyl (C=O) groups is 2. The van der Waals surface area contributed by atoms with Gasteiger partial charge in [0.25, 0.3) is 5.91 Å². The summed E-state index contributed by atoms with van der Waals surface area (Å²) >= 11 is 0. The molecule has 9 heteroatoms. The lowest BCUT2D eigenvalue weighted by Gasteiger charge is -2.18. The molecule has 1 unspecified atom stereocenters. The van der Waals surface area contributed by atoms with Crippen LogP contribution in [0.5, 0.6) is 0 Å². The van der Waals surface area contributed by atoms with Crippen LogP contribution >= 0.6 is 0 Å². The molecular formula is C15H20N2O6S. The first kappa shape index (κ1) is 18.4. The van der Waals surface area contributed by atoms with Gasteiger partial charge in [-0.3, -0.25) is 4.79 Å². The lowest BCUT2D eigenvalue weighted by Crippen LogP contribution is -2.46. The average Bonchev–Trinajstić information content (AvgIpc) is 3.08. The summed E-state index contributed by atoms with van der Waals surface area (Å²) in [5.74, 6) is -2.04. The summed E-state index contributed by atoms with van der Waals surface area (Å²) in [6.45, 7) is 1.60. The van der Waals surface area contributed by atoms with E-state index in [0.29, 0.717) is 13.1 Å². The number of amides is 1. The lowest BCUT2D eigenvalue weighted by atomic mass is 10.1. The highest BCUT2D eigenvalue weighted by atomic mass is 32.2. The van der Waals surface area contributed by atoms with Crippen LogP contribution < -0.4 is 5.32 Å². The van der Waals surface area contributed by atoms with Crippen molar-refractivity contribution in [3.05, 3.63) is 29.8 Å². The molecule has 0 aliphatic carbocycles. The molecule has 1 fully saturated rings. The number of benzene rings is 1. The second-order valence-electron chi connectivity index (χ2n) is 5.90. The normalized spacial score (nSPS) is 18.1. The van der Waals surface area contributed by atoms with Crippen LogP contribution in [0.15, 0.2) is 29.2 Å². The predicted molar refractivity (Wildman–Crippen MR) is 85.0 cm³/mol. The second kappa shape index (κ2) is 6.88. The van der Waals surface area contributed by atoms with E-state index in [0.717, 1.165) is 19.8 Å². The monoisotopic (exact) mass is 356 g/mol. The summed E-state index contributed by atoms with van der Waals surface area (Å²) in [4.78, 5) is 22.8. The zero-order valence-corrected chi connectivity index (χ0v) is 14.0. The van der Waals surface area contributed by atoms with Crippen LogP contribution in [0.4, 0.5) is 0 Å². The van der Waals surface area contributed by atoms with Crippen LogP contribution in [-0.4, -0.2) is 60.0 Å². The Hall–Kier alpha value is -1.97. The Bertz CT molecular complexity index is 721. The van der Waals surface area contributed by atoms with E-state index in [2.05, 4.69) is 5.32 Å². The molecule has 24 heavy (non-hydrogen) atoms. The summed E-state index contributed by atoms with van der Waals surface area (Å²) in [6, 6.07) is 5.40. The lowest BCUT2D eigenvalue weighted by molar-refractivity contribution is -0.155. The van der Waals surface area contributed by atoms with Crippen molar-refractivity contribution >= 4 is 21.9 Å². The zero-order valence-electron chi connectivity index (χ0n) is 13.2. The average molecular weight is 356 g/mol. The molecule has 1 aliphatic heterocycles.